The maximum atomic E-state index is 11.4. The average Bonchev–Trinajstić information content (AvgIpc) is 2.73. The predicted molar refractivity (Wildman–Crippen MR) is 83.7 cm³/mol. The van der Waals surface area contributed by atoms with Crippen LogP contribution >= 0.6 is 31.9 Å². The second-order valence-corrected chi connectivity index (χ2v) is 6.54. The monoisotopic (exact) mass is 404 g/mol. The molecule has 1 aromatic heterocycles. The molecule has 0 aliphatic rings. The number of rotatable bonds is 4. The normalized spacial score (nSPS) is 11.3. The molecule has 1 N–H and O–H groups in total. The van der Waals surface area contributed by atoms with E-state index in [2.05, 4.69) is 31.9 Å². The molecule has 0 unspecified atom stereocenters. The van der Waals surface area contributed by atoms with Crippen LogP contribution in [-0.4, -0.2) is 18.2 Å². The molecule has 4 nitrogen and oxygen atoms in total. The van der Waals surface area contributed by atoms with E-state index in [1.54, 1.807) is 13.2 Å². The first-order valence-electron chi connectivity index (χ1n) is 6.07. The Hall–Kier alpha value is -1.01. The minimum Gasteiger partial charge on any atom is -0.496 e. The summed E-state index contributed by atoms with van der Waals surface area (Å²) in [5, 5.41) is 10.1. The lowest BCUT2D eigenvalue weighted by Crippen LogP contribution is -2.02. The molecular weight excluding hydrogens is 392 g/mol. The van der Waals surface area contributed by atoms with Crippen molar-refractivity contribution in [3.05, 3.63) is 26.3 Å². The average molecular weight is 406 g/mol. The van der Waals surface area contributed by atoms with Crippen LogP contribution in [0.1, 0.15) is 30.0 Å². The molecule has 0 saturated heterocycles. The molecule has 0 radical (unpaired) electrons. The van der Waals surface area contributed by atoms with Crippen LogP contribution in [0.5, 0.6) is 5.75 Å². The van der Waals surface area contributed by atoms with E-state index in [4.69, 9.17) is 9.15 Å². The highest BCUT2D eigenvalue weighted by Crippen LogP contribution is 2.43. The van der Waals surface area contributed by atoms with Gasteiger partial charge in [-0.05, 0) is 50.3 Å². The van der Waals surface area contributed by atoms with E-state index in [0.29, 0.717) is 38.2 Å². The smallest absolute Gasteiger partial charge is 0.372 e. The molecule has 0 saturated carbocycles. The SMILES string of the molecule is COc1cc(Br)c2oc(C(=O)O)c(CC(C)C)c2c1Br. The maximum Gasteiger partial charge on any atom is 0.372 e. The number of fused-ring (bicyclic) bond motifs is 1. The third-order valence-electron chi connectivity index (χ3n) is 2.94. The lowest BCUT2D eigenvalue weighted by atomic mass is 9.99. The van der Waals surface area contributed by atoms with E-state index in [9.17, 15) is 9.90 Å². The van der Waals surface area contributed by atoms with Gasteiger partial charge in [0, 0.05) is 10.9 Å². The summed E-state index contributed by atoms with van der Waals surface area (Å²) < 4.78 is 12.2. The number of hydrogen-bond acceptors (Lipinski definition) is 3. The van der Waals surface area contributed by atoms with Crippen molar-refractivity contribution in [1.82, 2.24) is 0 Å². The highest BCUT2D eigenvalue weighted by molar-refractivity contribution is 9.11. The summed E-state index contributed by atoms with van der Waals surface area (Å²) in [5.74, 6) is -0.129. The Morgan fingerprint density at radius 3 is 2.60 bits per heavy atom. The zero-order valence-corrected chi connectivity index (χ0v) is 14.5. The first-order chi connectivity index (χ1) is 9.36. The summed E-state index contributed by atoms with van der Waals surface area (Å²) in [5.41, 5.74) is 1.21. The molecule has 1 heterocycles. The zero-order valence-electron chi connectivity index (χ0n) is 11.3. The fraction of sp³-hybridized carbons (Fsp3) is 0.357. The summed E-state index contributed by atoms with van der Waals surface area (Å²) >= 11 is 6.88. The predicted octanol–water partition coefficient (Wildman–Crippen LogP) is 4.86. The lowest BCUT2D eigenvalue weighted by molar-refractivity contribution is 0.0663. The van der Waals surface area contributed by atoms with Crippen molar-refractivity contribution in [3.8, 4) is 5.75 Å². The lowest BCUT2D eigenvalue weighted by Gasteiger charge is -2.08. The fourth-order valence-corrected chi connectivity index (χ4v) is 3.34. The molecule has 2 rings (SSSR count). The molecule has 0 aliphatic carbocycles. The Morgan fingerprint density at radius 1 is 1.45 bits per heavy atom. The van der Waals surface area contributed by atoms with Crippen molar-refractivity contribution in [1.29, 1.82) is 0 Å². The Balaban J connectivity index is 2.86. The molecule has 0 atom stereocenters. The standard InChI is InChI=1S/C14H14Br2O4/c1-6(2)4-7-10-11(16)9(19-3)5-8(15)13(10)20-12(7)14(17)18/h5-6H,4H2,1-3H3,(H,17,18). The molecule has 20 heavy (non-hydrogen) atoms. The van der Waals surface area contributed by atoms with Gasteiger partial charge in [0.15, 0.2) is 5.58 Å². The van der Waals surface area contributed by atoms with Crippen LogP contribution in [0.2, 0.25) is 0 Å². The van der Waals surface area contributed by atoms with Crippen molar-refractivity contribution in [2.24, 2.45) is 5.92 Å². The Bertz CT molecular complexity index is 674. The van der Waals surface area contributed by atoms with Crippen LogP contribution in [0.15, 0.2) is 19.4 Å². The van der Waals surface area contributed by atoms with Gasteiger partial charge in [-0.1, -0.05) is 13.8 Å². The summed E-state index contributed by atoms with van der Waals surface area (Å²) in [4.78, 5) is 11.4. The number of hydrogen-bond donors (Lipinski definition) is 1. The van der Waals surface area contributed by atoms with E-state index >= 15 is 0 Å². The van der Waals surface area contributed by atoms with Crippen molar-refractivity contribution < 1.29 is 19.1 Å². The van der Waals surface area contributed by atoms with E-state index in [-0.39, 0.29) is 5.76 Å². The largest absolute Gasteiger partial charge is 0.496 e. The number of methoxy groups -OCH3 is 1. The third kappa shape index (κ3) is 2.59. The van der Waals surface area contributed by atoms with Crippen LogP contribution in [-0.2, 0) is 6.42 Å². The molecule has 0 amide bonds. The van der Waals surface area contributed by atoms with Gasteiger partial charge in [-0.2, -0.15) is 0 Å². The van der Waals surface area contributed by atoms with Crippen molar-refractivity contribution in [3.63, 3.8) is 0 Å². The number of carboxylic acid groups (broad SMARTS) is 1. The summed E-state index contributed by atoms with van der Waals surface area (Å²) in [6, 6.07) is 1.75. The number of ether oxygens (including phenoxy) is 1. The van der Waals surface area contributed by atoms with Gasteiger partial charge in [-0.25, -0.2) is 4.79 Å². The van der Waals surface area contributed by atoms with Gasteiger partial charge in [0.05, 0.1) is 16.1 Å². The van der Waals surface area contributed by atoms with E-state index in [1.165, 1.54) is 0 Å². The van der Waals surface area contributed by atoms with Crippen LogP contribution in [0.25, 0.3) is 11.0 Å². The molecular formula is C14H14Br2O4. The van der Waals surface area contributed by atoms with Crippen molar-refractivity contribution >= 4 is 48.8 Å². The van der Waals surface area contributed by atoms with E-state index in [0.717, 1.165) is 5.39 Å². The van der Waals surface area contributed by atoms with Gasteiger partial charge in [0.1, 0.15) is 5.75 Å². The van der Waals surface area contributed by atoms with Crippen LogP contribution < -0.4 is 4.74 Å². The first-order valence-corrected chi connectivity index (χ1v) is 7.66. The van der Waals surface area contributed by atoms with E-state index in [1.807, 2.05) is 13.8 Å². The number of aromatic carboxylic acids is 1. The molecule has 0 bridgehead atoms. The van der Waals surface area contributed by atoms with Crippen LogP contribution in [0, 0.1) is 5.92 Å². The number of carbonyl (C=O) groups is 1. The number of halogens is 2. The zero-order chi connectivity index (χ0) is 15.0. The van der Waals surface area contributed by atoms with Crippen LogP contribution in [0.3, 0.4) is 0 Å². The molecule has 0 aliphatic heterocycles. The Morgan fingerprint density at radius 2 is 2.10 bits per heavy atom. The maximum absolute atomic E-state index is 11.4. The Labute approximate surface area is 133 Å². The van der Waals surface area contributed by atoms with Crippen molar-refractivity contribution in [2.75, 3.05) is 7.11 Å². The van der Waals surface area contributed by atoms with Gasteiger partial charge in [-0.15, -0.1) is 0 Å². The van der Waals surface area contributed by atoms with E-state index < -0.39 is 5.97 Å². The molecule has 108 valence electrons. The third-order valence-corrected chi connectivity index (χ3v) is 4.32. The molecule has 2 aromatic rings. The van der Waals surface area contributed by atoms with Crippen molar-refractivity contribution in [2.45, 2.75) is 20.3 Å². The van der Waals surface area contributed by atoms with Gasteiger partial charge < -0.3 is 14.3 Å². The summed E-state index contributed by atoms with van der Waals surface area (Å²) in [6.07, 6.45) is 0.618. The van der Waals surface area contributed by atoms with Gasteiger partial charge >= 0.3 is 5.97 Å². The molecule has 0 fully saturated rings. The highest BCUT2D eigenvalue weighted by atomic mass is 79.9. The fourth-order valence-electron chi connectivity index (χ4n) is 2.16. The van der Waals surface area contributed by atoms with Crippen LogP contribution in [0.4, 0.5) is 0 Å². The second-order valence-electron chi connectivity index (χ2n) is 4.89. The molecule has 6 heteroatoms. The minimum atomic E-state index is -1.06. The topological polar surface area (TPSA) is 59.7 Å². The second kappa shape index (κ2) is 5.77. The summed E-state index contributed by atoms with van der Waals surface area (Å²) in [6.45, 7) is 4.07. The Kier molecular flexibility index (Phi) is 4.44. The minimum absolute atomic E-state index is 0.0108. The van der Waals surface area contributed by atoms with Gasteiger partial charge in [0.2, 0.25) is 5.76 Å². The number of carboxylic acids is 1. The highest BCUT2D eigenvalue weighted by Gasteiger charge is 2.25. The quantitative estimate of drug-likeness (QED) is 0.788. The van der Waals surface area contributed by atoms with Gasteiger partial charge in [0.25, 0.3) is 0 Å². The van der Waals surface area contributed by atoms with Gasteiger partial charge in [-0.3, -0.25) is 0 Å². The molecule has 0 spiro atoms. The first kappa shape index (κ1) is 15.4. The number of furan rings is 1. The number of benzene rings is 1. The summed E-state index contributed by atoms with van der Waals surface area (Å²) in [7, 11) is 1.57. The molecule has 1 aromatic carbocycles.